The Bertz CT molecular complexity index is 599. The van der Waals surface area contributed by atoms with Crippen molar-refractivity contribution in [1.29, 1.82) is 0 Å². The zero-order valence-corrected chi connectivity index (χ0v) is 13.6. The molecule has 0 aromatic heterocycles. The zero-order chi connectivity index (χ0) is 15.1. The van der Waals surface area contributed by atoms with Crippen LogP contribution < -0.4 is 10.6 Å². The molecule has 2 aromatic rings. The summed E-state index contributed by atoms with van der Waals surface area (Å²) in [6.07, 6.45) is 0.921. The summed E-state index contributed by atoms with van der Waals surface area (Å²) in [5.74, 6) is -0.0289. The standard InChI is InChI=1S/C17H19BrN2O/c1-13-7-8-15(11-16(13)18)20-17(21)12-19-10-9-14-5-3-2-4-6-14/h2-8,11,19H,9-10,12H2,1H3,(H,20,21). The van der Waals surface area contributed by atoms with Gasteiger partial charge in [-0.25, -0.2) is 0 Å². The molecule has 0 heterocycles. The van der Waals surface area contributed by atoms with E-state index >= 15 is 0 Å². The van der Waals surface area contributed by atoms with Crippen molar-refractivity contribution in [3.63, 3.8) is 0 Å². The summed E-state index contributed by atoms with van der Waals surface area (Å²) in [6, 6.07) is 16.0. The highest BCUT2D eigenvalue weighted by atomic mass is 79.9. The van der Waals surface area contributed by atoms with Gasteiger partial charge < -0.3 is 10.6 Å². The average Bonchev–Trinajstić information content (AvgIpc) is 2.49. The van der Waals surface area contributed by atoms with Crippen molar-refractivity contribution in [1.82, 2.24) is 5.32 Å². The Kier molecular flexibility index (Phi) is 5.96. The van der Waals surface area contributed by atoms with Crippen LogP contribution in [0, 0.1) is 6.92 Å². The topological polar surface area (TPSA) is 41.1 Å². The lowest BCUT2D eigenvalue weighted by molar-refractivity contribution is -0.115. The van der Waals surface area contributed by atoms with Gasteiger partial charge in [-0.15, -0.1) is 0 Å². The molecule has 0 aliphatic carbocycles. The number of benzene rings is 2. The number of nitrogens with one attached hydrogen (secondary N) is 2. The summed E-state index contributed by atoms with van der Waals surface area (Å²) < 4.78 is 0.998. The first-order valence-corrected chi connectivity index (χ1v) is 7.75. The smallest absolute Gasteiger partial charge is 0.238 e. The van der Waals surface area contributed by atoms with Crippen LogP contribution in [0.5, 0.6) is 0 Å². The minimum absolute atomic E-state index is 0.0289. The van der Waals surface area contributed by atoms with E-state index in [9.17, 15) is 4.79 Å². The molecule has 0 aliphatic heterocycles. The van der Waals surface area contributed by atoms with Gasteiger partial charge in [0.15, 0.2) is 0 Å². The van der Waals surface area contributed by atoms with E-state index in [4.69, 9.17) is 0 Å². The van der Waals surface area contributed by atoms with Crippen molar-refractivity contribution in [2.24, 2.45) is 0 Å². The van der Waals surface area contributed by atoms with E-state index in [0.29, 0.717) is 6.54 Å². The van der Waals surface area contributed by atoms with Gasteiger partial charge >= 0.3 is 0 Å². The number of aryl methyl sites for hydroxylation is 1. The highest BCUT2D eigenvalue weighted by molar-refractivity contribution is 9.10. The van der Waals surface area contributed by atoms with E-state index in [-0.39, 0.29) is 5.91 Å². The molecule has 0 saturated carbocycles. The number of hydrogen-bond acceptors (Lipinski definition) is 2. The van der Waals surface area contributed by atoms with Gasteiger partial charge in [-0.3, -0.25) is 4.79 Å². The molecule has 2 rings (SSSR count). The third kappa shape index (κ3) is 5.33. The molecule has 0 unspecified atom stereocenters. The number of amides is 1. The fourth-order valence-corrected chi connectivity index (χ4v) is 2.33. The van der Waals surface area contributed by atoms with E-state index in [1.807, 2.05) is 43.3 Å². The van der Waals surface area contributed by atoms with Gasteiger partial charge in [-0.1, -0.05) is 52.3 Å². The summed E-state index contributed by atoms with van der Waals surface area (Å²) in [4.78, 5) is 11.8. The largest absolute Gasteiger partial charge is 0.325 e. The second kappa shape index (κ2) is 7.96. The summed E-state index contributed by atoms with van der Waals surface area (Å²) in [5.41, 5.74) is 3.23. The molecule has 21 heavy (non-hydrogen) atoms. The maximum absolute atomic E-state index is 11.8. The van der Waals surface area contributed by atoms with Crippen LogP contribution in [0.1, 0.15) is 11.1 Å². The number of hydrogen-bond donors (Lipinski definition) is 2. The molecule has 0 bridgehead atoms. The first-order valence-electron chi connectivity index (χ1n) is 6.96. The second-order valence-electron chi connectivity index (χ2n) is 4.92. The third-order valence-corrected chi connectivity index (χ3v) is 4.03. The molecule has 4 heteroatoms. The van der Waals surface area contributed by atoms with E-state index in [1.54, 1.807) is 0 Å². The molecule has 0 aliphatic rings. The number of carbonyl (C=O) groups is 1. The van der Waals surface area contributed by atoms with E-state index < -0.39 is 0 Å². The first-order chi connectivity index (χ1) is 10.1. The second-order valence-corrected chi connectivity index (χ2v) is 5.78. The molecule has 0 radical (unpaired) electrons. The van der Waals surface area contributed by atoms with Crippen molar-refractivity contribution in [3.8, 4) is 0 Å². The number of rotatable bonds is 6. The molecule has 0 saturated heterocycles. The number of carbonyl (C=O) groups excluding carboxylic acids is 1. The molecule has 0 fully saturated rings. The highest BCUT2D eigenvalue weighted by Crippen LogP contribution is 2.20. The summed E-state index contributed by atoms with van der Waals surface area (Å²) in [6.45, 7) is 3.12. The number of anilines is 1. The normalized spacial score (nSPS) is 10.4. The van der Waals surface area contributed by atoms with E-state index in [0.717, 1.165) is 28.7 Å². The Morgan fingerprint density at radius 2 is 1.90 bits per heavy atom. The lowest BCUT2D eigenvalue weighted by atomic mass is 10.1. The van der Waals surface area contributed by atoms with Crippen molar-refractivity contribution in [2.45, 2.75) is 13.3 Å². The SMILES string of the molecule is Cc1ccc(NC(=O)CNCCc2ccccc2)cc1Br. The minimum atomic E-state index is -0.0289. The zero-order valence-electron chi connectivity index (χ0n) is 12.0. The van der Waals surface area contributed by atoms with Crippen LogP contribution >= 0.6 is 15.9 Å². The fourth-order valence-electron chi connectivity index (χ4n) is 1.96. The lowest BCUT2D eigenvalue weighted by Gasteiger charge is -2.08. The van der Waals surface area contributed by atoms with E-state index in [2.05, 4.69) is 38.7 Å². The van der Waals surface area contributed by atoms with Crippen molar-refractivity contribution in [3.05, 3.63) is 64.1 Å². The molecule has 1 amide bonds. The molecular weight excluding hydrogens is 328 g/mol. The molecule has 2 N–H and O–H groups in total. The van der Waals surface area contributed by atoms with Crippen LogP contribution in [-0.2, 0) is 11.2 Å². The van der Waals surface area contributed by atoms with Gasteiger partial charge in [-0.05, 0) is 43.1 Å². The first kappa shape index (κ1) is 15.7. The van der Waals surface area contributed by atoms with Crippen molar-refractivity contribution >= 4 is 27.5 Å². The van der Waals surface area contributed by atoms with Gasteiger partial charge in [0, 0.05) is 10.2 Å². The Hall–Kier alpha value is -1.65. The van der Waals surface area contributed by atoms with Gasteiger partial charge in [-0.2, -0.15) is 0 Å². The predicted molar refractivity (Wildman–Crippen MR) is 90.5 cm³/mol. The summed E-state index contributed by atoms with van der Waals surface area (Å²) in [5, 5.41) is 6.03. The predicted octanol–water partition coefficient (Wildman–Crippen LogP) is 3.53. The fraction of sp³-hybridized carbons (Fsp3) is 0.235. The van der Waals surface area contributed by atoms with Gasteiger partial charge in [0.25, 0.3) is 0 Å². The monoisotopic (exact) mass is 346 g/mol. The van der Waals surface area contributed by atoms with E-state index in [1.165, 1.54) is 5.56 Å². The Balaban J connectivity index is 1.71. The van der Waals surface area contributed by atoms with Crippen LogP contribution in [0.3, 0.4) is 0 Å². The maximum Gasteiger partial charge on any atom is 0.238 e. The van der Waals surface area contributed by atoms with Crippen LogP contribution in [0.4, 0.5) is 5.69 Å². The van der Waals surface area contributed by atoms with Crippen LogP contribution in [0.15, 0.2) is 53.0 Å². The summed E-state index contributed by atoms with van der Waals surface area (Å²) in [7, 11) is 0. The Morgan fingerprint density at radius 3 is 2.62 bits per heavy atom. The molecular formula is C17H19BrN2O. The van der Waals surface area contributed by atoms with Crippen LogP contribution in [0.2, 0.25) is 0 Å². The molecule has 3 nitrogen and oxygen atoms in total. The number of halogens is 1. The molecule has 0 spiro atoms. The van der Waals surface area contributed by atoms with Gasteiger partial charge in [0.2, 0.25) is 5.91 Å². The van der Waals surface area contributed by atoms with Crippen molar-refractivity contribution in [2.75, 3.05) is 18.4 Å². The van der Waals surface area contributed by atoms with Gasteiger partial charge in [0.1, 0.15) is 0 Å². The Morgan fingerprint density at radius 1 is 1.14 bits per heavy atom. The van der Waals surface area contributed by atoms with Crippen LogP contribution in [0.25, 0.3) is 0 Å². The average molecular weight is 347 g/mol. The molecule has 0 atom stereocenters. The maximum atomic E-state index is 11.8. The van der Waals surface area contributed by atoms with Gasteiger partial charge in [0.05, 0.1) is 6.54 Å². The van der Waals surface area contributed by atoms with Crippen molar-refractivity contribution < 1.29 is 4.79 Å². The minimum Gasteiger partial charge on any atom is -0.325 e. The quantitative estimate of drug-likeness (QED) is 0.785. The molecule has 2 aromatic carbocycles. The molecule has 110 valence electrons. The lowest BCUT2D eigenvalue weighted by Crippen LogP contribution is -2.29. The Labute approximate surface area is 133 Å². The van der Waals surface area contributed by atoms with Crippen LogP contribution in [-0.4, -0.2) is 19.0 Å². The summed E-state index contributed by atoms with van der Waals surface area (Å²) >= 11 is 3.46. The highest BCUT2D eigenvalue weighted by Gasteiger charge is 2.03. The third-order valence-electron chi connectivity index (χ3n) is 3.17.